The van der Waals surface area contributed by atoms with E-state index in [0.29, 0.717) is 23.7 Å². The number of carbonyl (C=O) groups is 1. The number of ether oxygens (including phenoxy) is 1. The fourth-order valence-electron chi connectivity index (χ4n) is 3.06. The van der Waals surface area contributed by atoms with E-state index in [9.17, 15) is 9.90 Å². The second-order valence-corrected chi connectivity index (χ2v) is 6.77. The Kier molecular flexibility index (Phi) is 5.37. The Morgan fingerprint density at radius 1 is 1.38 bits per heavy atom. The zero-order chi connectivity index (χ0) is 18.7. The molecule has 0 radical (unpaired) electrons. The Morgan fingerprint density at radius 3 is 2.77 bits per heavy atom. The predicted molar refractivity (Wildman–Crippen MR) is 96.9 cm³/mol. The lowest BCUT2D eigenvalue weighted by molar-refractivity contribution is 0.0903. The zero-order valence-electron chi connectivity index (χ0n) is 15.1. The molecule has 7 heteroatoms. The first-order valence-electron chi connectivity index (χ1n) is 8.65. The highest BCUT2D eigenvalue weighted by Crippen LogP contribution is 2.36. The highest BCUT2D eigenvalue weighted by Gasteiger charge is 2.35. The number of aromatic nitrogens is 3. The number of hydrogen-bond acceptors (Lipinski definition) is 5. The molecule has 2 aromatic rings. The molecule has 138 valence electrons. The third-order valence-electron chi connectivity index (χ3n) is 4.58. The van der Waals surface area contributed by atoms with Crippen molar-refractivity contribution in [1.29, 1.82) is 0 Å². The number of carbonyl (C=O) groups excluding carboxylic acids is 1. The lowest BCUT2D eigenvalue weighted by Gasteiger charge is -2.35. The maximum absolute atomic E-state index is 12.6. The molecule has 1 amide bonds. The SMILES string of the molecule is C=C(C)COc1ccccc1C(=O)NC1CC(c2nnc(CO)n2C)C1. The van der Waals surface area contributed by atoms with Gasteiger partial charge in [0.1, 0.15) is 24.8 Å². The van der Waals surface area contributed by atoms with E-state index >= 15 is 0 Å². The van der Waals surface area contributed by atoms with Gasteiger partial charge in [0.25, 0.3) is 5.91 Å². The highest BCUT2D eigenvalue weighted by molar-refractivity contribution is 5.97. The standard InChI is InChI=1S/C19H24N4O3/c1-12(2)11-26-16-7-5-4-6-15(16)19(25)20-14-8-13(9-14)18-22-21-17(10-24)23(18)3/h4-7,13-14,24H,1,8-11H2,2-3H3,(H,20,25). The van der Waals surface area contributed by atoms with Gasteiger partial charge in [-0.1, -0.05) is 18.7 Å². The summed E-state index contributed by atoms with van der Waals surface area (Å²) in [5, 5.41) is 20.4. The molecule has 0 aliphatic heterocycles. The van der Waals surface area contributed by atoms with E-state index in [2.05, 4.69) is 22.1 Å². The van der Waals surface area contributed by atoms with Crippen LogP contribution in [-0.4, -0.2) is 38.4 Å². The summed E-state index contributed by atoms with van der Waals surface area (Å²) in [4.78, 5) is 12.6. The van der Waals surface area contributed by atoms with E-state index in [1.807, 2.05) is 30.7 Å². The average Bonchev–Trinajstić information content (AvgIpc) is 2.96. The van der Waals surface area contributed by atoms with Crippen molar-refractivity contribution in [2.75, 3.05) is 6.61 Å². The zero-order valence-corrected chi connectivity index (χ0v) is 15.1. The summed E-state index contributed by atoms with van der Waals surface area (Å²) in [7, 11) is 1.85. The first-order valence-corrected chi connectivity index (χ1v) is 8.65. The maximum atomic E-state index is 12.6. The molecule has 2 N–H and O–H groups in total. The van der Waals surface area contributed by atoms with Crippen LogP contribution in [0.3, 0.4) is 0 Å². The molecule has 7 nitrogen and oxygen atoms in total. The molecule has 1 saturated carbocycles. The molecule has 0 unspecified atom stereocenters. The highest BCUT2D eigenvalue weighted by atomic mass is 16.5. The monoisotopic (exact) mass is 356 g/mol. The van der Waals surface area contributed by atoms with Gasteiger partial charge in [-0.05, 0) is 37.5 Å². The van der Waals surface area contributed by atoms with E-state index in [4.69, 9.17) is 4.74 Å². The van der Waals surface area contributed by atoms with Gasteiger partial charge in [-0.2, -0.15) is 0 Å². The first kappa shape index (κ1) is 18.1. The number of hydrogen-bond donors (Lipinski definition) is 2. The van der Waals surface area contributed by atoms with Crippen molar-refractivity contribution >= 4 is 5.91 Å². The number of nitrogens with one attached hydrogen (secondary N) is 1. The molecule has 1 fully saturated rings. The summed E-state index contributed by atoms with van der Waals surface area (Å²) < 4.78 is 7.49. The minimum atomic E-state index is -0.139. The Morgan fingerprint density at radius 2 is 2.12 bits per heavy atom. The fourth-order valence-corrected chi connectivity index (χ4v) is 3.06. The average molecular weight is 356 g/mol. The largest absolute Gasteiger partial charge is 0.488 e. The molecule has 3 rings (SSSR count). The van der Waals surface area contributed by atoms with Crippen LogP contribution in [0.2, 0.25) is 0 Å². The van der Waals surface area contributed by atoms with Gasteiger partial charge in [-0.15, -0.1) is 10.2 Å². The summed E-state index contributed by atoms with van der Waals surface area (Å²) in [5.41, 5.74) is 1.42. The molecule has 1 heterocycles. The summed E-state index contributed by atoms with van der Waals surface area (Å²) in [6.07, 6.45) is 1.61. The second kappa shape index (κ2) is 7.70. The lowest BCUT2D eigenvalue weighted by atomic mass is 9.79. The minimum Gasteiger partial charge on any atom is -0.488 e. The van der Waals surface area contributed by atoms with Gasteiger partial charge in [-0.3, -0.25) is 4.79 Å². The number of benzene rings is 1. The smallest absolute Gasteiger partial charge is 0.255 e. The molecule has 0 saturated heterocycles. The van der Waals surface area contributed by atoms with Crippen LogP contribution in [0.15, 0.2) is 36.4 Å². The van der Waals surface area contributed by atoms with E-state index in [1.54, 1.807) is 12.1 Å². The van der Waals surface area contributed by atoms with Crippen LogP contribution in [0.4, 0.5) is 0 Å². The minimum absolute atomic E-state index is 0.0935. The molecule has 1 aliphatic carbocycles. The summed E-state index contributed by atoms with van der Waals surface area (Å²) in [6.45, 7) is 5.95. The molecule has 0 bridgehead atoms. The van der Waals surface area contributed by atoms with Crippen LogP contribution in [-0.2, 0) is 13.7 Å². The van der Waals surface area contributed by atoms with Gasteiger partial charge in [0.05, 0.1) is 5.56 Å². The molecular formula is C19H24N4O3. The summed E-state index contributed by atoms with van der Waals surface area (Å²) in [6, 6.07) is 7.31. The van der Waals surface area contributed by atoms with E-state index in [0.717, 1.165) is 24.2 Å². The number of para-hydroxylation sites is 1. The van der Waals surface area contributed by atoms with E-state index < -0.39 is 0 Å². The molecule has 1 aromatic carbocycles. The third-order valence-corrected chi connectivity index (χ3v) is 4.58. The van der Waals surface area contributed by atoms with Crippen LogP contribution in [0.5, 0.6) is 5.75 Å². The Bertz CT molecular complexity index is 809. The molecule has 26 heavy (non-hydrogen) atoms. The topological polar surface area (TPSA) is 89.3 Å². The fraction of sp³-hybridized carbons (Fsp3) is 0.421. The number of aliphatic hydroxyl groups is 1. The number of nitrogens with zero attached hydrogens (tertiary/aromatic N) is 3. The lowest BCUT2D eigenvalue weighted by Crippen LogP contribution is -2.44. The third kappa shape index (κ3) is 3.77. The van der Waals surface area contributed by atoms with Crippen molar-refractivity contribution in [2.45, 2.75) is 38.3 Å². The van der Waals surface area contributed by atoms with Gasteiger partial charge in [-0.25, -0.2) is 0 Å². The van der Waals surface area contributed by atoms with Crippen LogP contribution < -0.4 is 10.1 Å². The number of aliphatic hydroxyl groups excluding tert-OH is 1. The quantitative estimate of drug-likeness (QED) is 0.740. The Labute approximate surface area is 152 Å². The first-order chi connectivity index (χ1) is 12.5. The van der Waals surface area contributed by atoms with Crippen molar-refractivity contribution in [3.05, 3.63) is 53.6 Å². The Balaban J connectivity index is 1.59. The normalized spacial score (nSPS) is 18.9. The maximum Gasteiger partial charge on any atom is 0.255 e. The van der Waals surface area contributed by atoms with Crippen molar-refractivity contribution in [2.24, 2.45) is 7.05 Å². The van der Waals surface area contributed by atoms with Crippen LogP contribution >= 0.6 is 0 Å². The summed E-state index contributed by atoms with van der Waals surface area (Å²) in [5.74, 6) is 2.07. The number of rotatable bonds is 7. The van der Waals surface area contributed by atoms with Crippen LogP contribution in [0.1, 0.15) is 47.7 Å². The van der Waals surface area contributed by atoms with Gasteiger partial charge in [0, 0.05) is 19.0 Å². The van der Waals surface area contributed by atoms with E-state index in [1.165, 1.54) is 0 Å². The van der Waals surface area contributed by atoms with Gasteiger partial charge < -0.3 is 19.7 Å². The van der Waals surface area contributed by atoms with Crippen molar-refractivity contribution in [1.82, 2.24) is 20.1 Å². The van der Waals surface area contributed by atoms with E-state index in [-0.39, 0.29) is 24.5 Å². The van der Waals surface area contributed by atoms with Crippen molar-refractivity contribution in [3.63, 3.8) is 0 Å². The van der Waals surface area contributed by atoms with Crippen LogP contribution in [0.25, 0.3) is 0 Å². The Hall–Kier alpha value is -2.67. The molecule has 1 aliphatic rings. The predicted octanol–water partition coefficient (Wildman–Crippen LogP) is 1.94. The molecule has 0 atom stereocenters. The van der Waals surface area contributed by atoms with Crippen LogP contribution in [0, 0.1) is 0 Å². The van der Waals surface area contributed by atoms with Gasteiger partial charge in [0.15, 0.2) is 5.82 Å². The number of amides is 1. The van der Waals surface area contributed by atoms with Crippen molar-refractivity contribution < 1.29 is 14.6 Å². The van der Waals surface area contributed by atoms with Gasteiger partial charge >= 0.3 is 0 Å². The second-order valence-electron chi connectivity index (χ2n) is 6.77. The summed E-state index contributed by atoms with van der Waals surface area (Å²) >= 11 is 0. The van der Waals surface area contributed by atoms with Gasteiger partial charge in [0.2, 0.25) is 0 Å². The molecular weight excluding hydrogens is 332 g/mol. The van der Waals surface area contributed by atoms with Crippen molar-refractivity contribution in [3.8, 4) is 5.75 Å². The molecule has 1 aromatic heterocycles. The molecule has 0 spiro atoms.